The molecule has 278 valence electrons. The highest BCUT2D eigenvalue weighted by Crippen LogP contribution is 2.34. The number of carbonyl (C=O) groups is 4. The van der Waals surface area contributed by atoms with Crippen LogP contribution in [0.25, 0.3) is 0 Å². The Kier molecular flexibility index (Phi) is 13.2. The monoisotopic (exact) mass is 733 g/mol. The van der Waals surface area contributed by atoms with Gasteiger partial charge in [0.1, 0.15) is 18.1 Å². The van der Waals surface area contributed by atoms with E-state index in [2.05, 4.69) is 16.7 Å². The maximum Gasteiger partial charge on any atom is 0.249 e. The van der Waals surface area contributed by atoms with E-state index in [1.165, 1.54) is 0 Å². The molecule has 0 spiro atoms. The predicted octanol–water partition coefficient (Wildman–Crippen LogP) is 6.35. The Morgan fingerprint density at radius 3 is 1.94 bits per heavy atom. The lowest BCUT2D eigenvalue weighted by molar-refractivity contribution is -0.140. The lowest BCUT2D eigenvalue weighted by Gasteiger charge is -2.38. The summed E-state index contributed by atoms with van der Waals surface area (Å²) in [7, 11) is 0. The van der Waals surface area contributed by atoms with E-state index in [1.54, 1.807) is 16.7 Å². The second-order valence-electron chi connectivity index (χ2n) is 14.7. The zero-order chi connectivity index (χ0) is 37.2. The minimum atomic E-state index is -0.701. The fourth-order valence-electron chi connectivity index (χ4n) is 8.02. The van der Waals surface area contributed by atoms with Gasteiger partial charge < -0.3 is 20.4 Å². The minimum absolute atomic E-state index is 0.0377. The topological polar surface area (TPSA) is 123 Å². The van der Waals surface area contributed by atoms with Crippen molar-refractivity contribution in [3.05, 3.63) is 102 Å². The van der Waals surface area contributed by atoms with Gasteiger partial charge >= 0.3 is 0 Å². The van der Waals surface area contributed by atoms with Crippen molar-refractivity contribution in [2.75, 3.05) is 17.2 Å². The number of hydrogen-bond acceptors (Lipinski definition) is 6. The van der Waals surface area contributed by atoms with E-state index in [0.29, 0.717) is 51.5 Å². The number of aryl methyl sites for hydroxylation is 1. The number of fused-ring (bicyclic) bond motifs is 1. The van der Waals surface area contributed by atoms with Crippen LogP contribution in [0.2, 0.25) is 0 Å². The summed E-state index contributed by atoms with van der Waals surface area (Å²) in [5.74, 6) is -0.919. The Morgan fingerprint density at radius 2 is 1.34 bits per heavy atom. The zero-order valence-corrected chi connectivity index (χ0v) is 31.4. The van der Waals surface area contributed by atoms with Crippen LogP contribution in [0.1, 0.15) is 74.5 Å². The van der Waals surface area contributed by atoms with Gasteiger partial charge in [-0.05, 0) is 106 Å². The molecule has 2 N–H and O–H groups in total. The van der Waals surface area contributed by atoms with Crippen LogP contribution in [0.5, 0.6) is 0 Å². The SMILES string of the molecule is Cc1ccccc1N1CCCC[C@H](NC(=O)[C@H](CC[C@H](Cc2ccccc2)C(=O)N[C@H]2CCS[C@H]3CCC[C@@H](C#N)N3C2=O)Cc2ccccc2)C1=O. The first-order valence-corrected chi connectivity index (χ1v) is 20.3. The summed E-state index contributed by atoms with van der Waals surface area (Å²) in [6.07, 6.45) is 6.95. The summed E-state index contributed by atoms with van der Waals surface area (Å²) in [4.78, 5) is 59.8. The number of nitrogens with zero attached hydrogens (tertiary/aromatic N) is 3. The molecular formula is C43H51N5O4S. The molecule has 9 nitrogen and oxygen atoms in total. The smallest absolute Gasteiger partial charge is 0.249 e. The maximum atomic E-state index is 14.3. The number of piperidine rings is 1. The average Bonchev–Trinajstić information content (AvgIpc) is 3.46. The molecule has 3 fully saturated rings. The predicted molar refractivity (Wildman–Crippen MR) is 209 cm³/mol. The van der Waals surface area contributed by atoms with Crippen molar-refractivity contribution in [2.45, 2.75) is 101 Å². The van der Waals surface area contributed by atoms with E-state index >= 15 is 0 Å². The number of anilines is 1. The van der Waals surface area contributed by atoms with Crippen molar-refractivity contribution >= 4 is 41.1 Å². The number of carbonyl (C=O) groups excluding carboxylic acids is 4. The molecule has 6 rings (SSSR count). The Balaban J connectivity index is 1.20. The van der Waals surface area contributed by atoms with Crippen LogP contribution >= 0.6 is 11.8 Å². The largest absolute Gasteiger partial charge is 0.344 e. The van der Waals surface area contributed by atoms with Crippen LogP contribution in [-0.4, -0.2) is 64.3 Å². The van der Waals surface area contributed by atoms with E-state index in [1.807, 2.05) is 96.8 Å². The number of nitriles is 1. The summed E-state index contributed by atoms with van der Waals surface area (Å²) >= 11 is 1.70. The van der Waals surface area contributed by atoms with Gasteiger partial charge in [0.2, 0.25) is 23.6 Å². The van der Waals surface area contributed by atoms with Gasteiger partial charge in [0.15, 0.2) is 0 Å². The summed E-state index contributed by atoms with van der Waals surface area (Å²) < 4.78 is 0. The number of para-hydroxylation sites is 1. The van der Waals surface area contributed by atoms with Crippen molar-refractivity contribution in [1.82, 2.24) is 15.5 Å². The van der Waals surface area contributed by atoms with Gasteiger partial charge in [-0.15, -0.1) is 11.8 Å². The highest BCUT2D eigenvalue weighted by Gasteiger charge is 2.41. The van der Waals surface area contributed by atoms with Crippen LogP contribution in [0.4, 0.5) is 5.69 Å². The number of rotatable bonds is 12. The summed E-state index contributed by atoms with van der Waals surface area (Å²) in [5.41, 5.74) is 3.90. The first-order chi connectivity index (χ1) is 25.8. The fraction of sp³-hybridized carbons (Fsp3) is 0.465. The second-order valence-corrected chi connectivity index (χ2v) is 16.0. The average molecular weight is 734 g/mol. The van der Waals surface area contributed by atoms with Gasteiger partial charge in [-0.2, -0.15) is 5.26 Å². The first kappa shape index (κ1) is 38.1. The number of thioether (sulfide) groups is 1. The van der Waals surface area contributed by atoms with E-state index in [-0.39, 0.29) is 29.0 Å². The third kappa shape index (κ3) is 9.68. The lowest BCUT2D eigenvalue weighted by Crippen LogP contribution is -2.55. The quantitative estimate of drug-likeness (QED) is 0.224. The molecule has 10 heteroatoms. The van der Waals surface area contributed by atoms with Crippen LogP contribution in [-0.2, 0) is 32.0 Å². The highest BCUT2D eigenvalue weighted by molar-refractivity contribution is 7.99. The van der Waals surface area contributed by atoms with Crippen molar-refractivity contribution < 1.29 is 19.2 Å². The molecule has 3 aliphatic heterocycles. The van der Waals surface area contributed by atoms with Crippen molar-refractivity contribution in [2.24, 2.45) is 11.8 Å². The number of amides is 4. The number of benzene rings is 3. The standard InChI is InChI=1S/C43H51N5O4S/c1-30-13-8-9-20-38(30)47-25-11-10-19-36(42(47)51)45-40(49)33(27-31-14-4-2-5-15-31)22-23-34(28-32-16-6-3-7-17-32)41(50)46-37-24-26-53-39-21-12-18-35(29-44)48(39)43(37)52/h2-9,13-17,20,33-37,39H,10-12,18-19,21-28H2,1H3,(H,45,49)(H,46,50)/t33-,34-,35+,36+,37+,39+/m1/s1. The van der Waals surface area contributed by atoms with E-state index in [0.717, 1.165) is 53.8 Å². The first-order valence-electron chi connectivity index (χ1n) is 19.2. The zero-order valence-electron chi connectivity index (χ0n) is 30.6. The molecule has 0 unspecified atom stereocenters. The van der Waals surface area contributed by atoms with Crippen LogP contribution in [0.3, 0.4) is 0 Å². The molecule has 3 aliphatic rings. The molecule has 0 radical (unpaired) electrons. The Labute approximate surface area is 317 Å². The van der Waals surface area contributed by atoms with E-state index < -0.39 is 30.0 Å². The molecule has 0 aromatic heterocycles. The molecule has 0 bridgehead atoms. The Morgan fingerprint density at radius 1 is 0.755 bits per heavy atom. The Hall–Kier alpha value is -4.62. The summed E-state index contributed by atoms with van der Waals surface area (Å²) in [6, 6.07) is 28.0. The molecule has 0 aliphatic carbocycles. The van der Waals surface area contributed by atoms with Gasteiger partial charge in [0.25, 0.3) is 0 Å². The third-order valence-corrected chi connectivity index (χ3v) is 12.3. The third-order valence-electron chi connectivity index (χ3n) is 11.0. The molecule has 3 aromatic rings. The van der Waals surface area contributed by atoms with Crippen molar-refractivity contribution in [3.8, 4) is 6.07 Å². The second kappa shape index (κ2) is 18.4. The molecule has 0 saturated carbocycles. The lowest BCUT2D eigenvalue weighted by atomic mass is 9.86. The number of nitrogens with one attached hydrogen (secondary N) is 2. The molecule has 3 saturated heterocycles. The van der Waals surface area contributed by atoms with Gasteiger partial charge in [-0.3, -0.25) is 19.2 Å². The molecular weight excluding hydrogens is 683 g/mol. The van der Waals surface area contributed by atoms with Crippen molar-refractivity contribution in [3.63, 3.8) is 0 Å². The van der Waals surface area contributed by atoms with Gasteiger partial charge in [0, 0.05) is 24.1 Å². The van der Waals surface area contributed by atoms with Crippen LogP contribution < -0.4 is 15.5 Å². The van der Waals surface area contributed by atoms with Crippen LogP contribution in [0.15, 0.2) is 84.9 Å². The molecule has 3 heterocycles. The van der Waals surface area contributed by atoms with Gasteiger partial charge in [-0.25, -0.2) is 0 Å². The summed E-state index contributed by atoms with van der Waals surface area (Å²) in [6.45, 7) is 2.61. The molecule has 53 heavy (non-hydrogen) atoms. The minimum Gasteiger partial charge on any atom is -0.344 e. The van der Waals surface area contributed by atoms with E-state index in [4.69, 9.17) is 0 Å². The normalized spacial score (nSPS) is 23.1. The van der Waals surface area contributed by atoms with Gasteiger partial charge in [0.05, 0.1) is 11.4 Å². The summed E-state index contributed by atoms with van der Waals surface area (Å²) in [5, 5.41) is 16.1. The molecule has 6 atom stereocenters. The highest BCUT2D eigenvalue weighted by atomic mass is 32.2. The van der Waals surface area contributed by atoms with Crippen LogP contribution in [0, 0.1) is 30.1 Å². The molecule has 3 aromatic carbocycles. The van der Waals surface area contributed by atoms with E-state index in [9.17, 15) is 24.4 Å². The maximum absolute atomic E-state index is 14.3. The fourth-order valence-corrected chi connectivity index (χ4v) is 9.41. The molecule has 4 amide bonds. The van der Waals surface area contributed by atoms with Crippen molar-refractivity contribution in [1.29, 1.82) is 5.26 Å². The van der Waals surface area contributed by atoms with Gasteiger partial charge in [-0.1, -0.05) is 78.9 Å². The Bertz CT molecular complexity index is 1760. The number of hydrogen-bond donors (Lipinski definition) is 2.